The average Bonchev–Trinajstić information content (AvgIpc) is 3.57. The van der Waals surface area contributed by atoms with Crippen molar-refractivity contribution in [2.24, 2.45) is 5.92 Å². The minimum atomic E-state index is -1.16. The van der Waals surface area contributed by atoms with E-state index in [-0.39, 0.29) is 29.3 Å². The van der Waals surface area contributed by atoms with Crippen molar-refractivity contribution < 1.29 is 19.2 Å². The van der Waals surface area contributed by atoms with Crippen molar-refractivity contribution in [3.63, 3.8) is 0 Å². The molecule has 1 spiro atoms. The van der Waals surface area contributed by atoms with E-state index in [4.69, 9.17) is 4.74 Å². The van der Waals surface area contributed by atoms with Gasteiger partial charge in [-0.05, 0) is 69.1 Å². The summed E-state index contributed by atoms with van der Waals surface area (Å²) in [6.07, 6.45) is 1.75. The first-order valence-electron chi connectivity index (χ1n) is 13.1. The summed E-state index contributed by atoms with van der Waals surface area (Å²) in [5.74, 6) is -0.642. The Labute approximate surface area is 220 Å². The second kappa shape index (κ2) is 9.06. The molecule has 0 saturated carbocycles. The van der Waals surface area contributed by atoms with Gasteiger partial charge in [0, 0.05) is 40.9 Å². The molecule has 194 valence electrons. The molecule has 1 N–H and O–H groups in total. The van der Waals surface area contributed by atoms with Crippen LogP contribution in [0.5, 0.6) is 5.75 Å². The second-order valence-electron chi connectivity index (χ2n) is 10.3. The fraction of sp³-hybridized carbons (Fsp3) is 0.333. The maximum atomic E-state index is 14.6. The number of benzene rings is 3. The number of hydrogen-bond acceptors (Lipinski definition) is 6. The van der Waals surface area contributed by atoms with E-state index in [0.29, 0.717) is 24.5 Å². The molecular weight excluding hydrogens is 482 g/mol. The predicted molar refractivity (Wildman–Crippen MR) is 142 cm³/mol. The van der Waals surface area contributed by atoms with Gasteiger partial charge in [0.25, 0.3) is 5.69 Å². The predicted octanol–water partition coefficient (Wildman–Crippen LogP) is 5.21. The number of amides is 1. The lowest BCUT2D eigenvalue weighted by Gasteiger charge is -2.37. The van der Waals surface area contributed by atoms with E-state index in [1.165, 1.54) is 12.1 Å². The maximum absolute atomic E-state index is 14.6. The summed E-state index contributed by atoms with van der Waals surface area (Å²) in [6.45, 7) is 5.11. The van der Waals surface area contributed by atoms with Gasteiger partial charge in [-0.15, -0.1) is 0 Å². The molecule has 0 aliphatic carbocycles. The van der Waals surface area contributed by atoms with E-state index in [1.807, 2.05) is 32.0 Å². The lowest BCUT2D eigenvalue weighted by atomic mass is 9.68. The number of non-ortho nitro benzene ring substituents is 1. The Bertz CT molecular complexity index is 1440. The molecule has 3 aliphatic heterocycles. The van der Waals surface area contributed by atoms with Gasteiger partial charge in [-0.2, -0.15) is 0 Å². The third-order valence-electron chi connectivity index (χ3n) is 8.38. The number of carbonyl (C=O) groups excluding carboxylic acids is 2. The van der Waals surface area contributed by atoms with Crippen LogP contribution in [0.25, 0.3) is 0 Å². The summed E-state index contributed by atoms with van der Waals surface area (Å²) in [5, 5.41) is 14.4. The van der Waals surface area contributed by atoms with Crippen LogP contribution >= 0.6 is 0 Å². The number of ketones is 1. The Hall–Kier alpha value is -4.04. The monoisotopic (exact) mass is 511 g/mol. The smallest absolute Gasteiger partial charge is 0.269 e. The molecular formula is C30H29N3O5. The summed E-state index contributed by atoms with van der Waals surface area (Å²) < 4.78 is 5.58. The van der Waals surface area contributed by atoms with Crippen LogP contribution in [0, 0.1) is 23.0 Å². The number of aryl methyl sites for hydroxylation is 1. The van der Waals surface area contributed by atoms with Gasteiger partial charge in [-0.25, -0.2) is 0 Å². The van der Waals surface area contributed by atoms with Gasteiger partial charge in [0.1, 0.15) is 11.3 Å². The molecule has 1 amide bonds. The standard InChI is InChI=1S/C30H29N3O5/c1-3-38-22-13-9-20(10-14-22)28(34)27-26(19-7-11-21(12-8-19)33(36)37)25-5-4-16-32(25)30(27)23-17-18(2)6-15-24(23)31-29(30)35/h6-15,17,25-27H,3-5,16H2,1-2H3,(H,31,35)/t25?,26?,27?,30-/m1/s1. The lowest BCUT2D eigenvalue weighted by Crippen LogP contribution is -2.52. The molecule has 3 unspecified atom stereocenters. The summed E-state index contributed by atoms with van der Waals surface area (Å²) in [6, 6.07) is 19.4. The van der Waals surface area contributed by atoms with Crippen molar-refractivity contribution in [2.45, 2.75) is 44.2 Å². The van der Waals surface area contributed by atoms with Crippen LogP contribution in [0.3, 0.4) is 0 Å². The third kappa shape index (κ3) is 3.47. The molecule has 2 saturated heterocycles. The number of Topliss-reactive ketones (excluding diaryl/α,β-unsaturated/α-hetero) is 1. The molecule has 4 atom stereocenters. The zero-order chi connectivity index (χ0) is 26.6. The summed E-state index contributed by atoms with van der Waals surface area (Å²) in [7, 11) is 0. The van der Waals surface area contributed by atoms with Gasteiger partial charge >= 0.3 is 0 Å². The number of nitro benzene ring substituents is 1. The number of rotatable bonds is 6. The molecule has 8 heteroatoms. The number of nitro groups is 1. The van der Waals surface area contributed by atoms with Crippen LogP contribution in [0.1, 0.15) is 52.7 Å². The number of fused-ring (bicyclic) bond motifs is 4. The van der Waals surface area contributed by atoms with E-state index in [9.17, 15) is 19.7 Å². The number of anilines is 1. The summed E-state index contributed by atoms with van der Waals surface area (Å²) in [4.78, 5) is 41.8. The molecule has 0 bridgehead atoms. The van der Waals surface area contributed by atoms with E-state index >= 15 is 0 Å². The van der Waals surface area contributed by atoms with Crippen molar-refractivity contribution in [3.05, 3.63) is 99.1 Å². The van der Waals surface area contributed by atoms with Crippen LogP contribution in [0.4, 0.5) is 11.4 Å². The zero-order valence-electron chi connectivity index (χ0n) is 21.3. The Morgan fingerprint density at radius 2 is 1.87 bits per heavy atom. The van der Waals surface area contributed by atoms with E-state index in [2.05, 4.69) is 10.2 Å². The first-order chi connectivity index (χ1) is 18.4. The van der Waals surface area contributed by atoms with Crippen molar-refractivity contribution in [2.75, 3.05) is 18.5 Å². The van der Waals surface area contributed by atoms with Crippen LogP contribution in [-0.4, -0.2) is 40.7 Å². The fourth-order valence-electron chi connectivity index (χ4n) is 6.93. The highest BCUT2D eigenvalue weighted by Crippen LogP contribution is 2.61. The second-order valence-corrected chi connectivity index (χ2v) is 10.3. The SMILES string of the molecule is CCOc1ccc(C(=O)C2C(c3ccc([N+](=O)[O-])cc3)C3CCCN3[C@@]23C(=O)Nc2ccc(C)cc23)cc1. The summed E-state index contributed by atoms with van der Waals surface area (Å²) in [5.41, 5.74) is 2.77. The number of nitrogens with zero attached hydrogens (tertiary/aromatic N) is 2. The minimum absolute atomic E-state index is 0.00120. The van der Waals surface area contributed by atoms with Crippen molar-refractivity contribution in [1.29, 1.82) is 0 Å². The lowest BCUT2D eigenvalue weighted by molar-refractivity contribution is -0.384. The Morgan fingerprint density at radius 3 is 2.55 bits per heavy atom. The molecule has 8 nitrogen and oxygen atoms in total. The average molecular weight is 512 g/mol. The van der Waals surface area contributed by atoms with Crippen molar-refractivity contribution in [1.82, 2.24) is 4.90 Å². The van der Waals surface area contributed by atoms with Gasteiger partial charge in [0.2, 0.25) is 5.91 Å². The normalized spacial score (nSPS) is 25.7. The van der Waals surface area contributed by atoms with Crippen LogP contribution < -0.4 is 10.1 Å². The molecule has 3 aromatic carbocycles. The molecule has 3 aromatic rings. The highest BCUT2D eigenvalue weighted by atomic mass is 16.6. The van der Waals surface area contributed by atoms with Crippen LogP contribution in [0.2, 0.25) is 0 Å². The molecule has 0 aromatic heterocycles. The number of nitrogens with one attached hydrogen (secondary N) is 1. The van der Waals surface area contributed by atoms with E-state index in [0.717, 1.165) is 35.2 Å². The van der Waals surface area contributed by atoms with E-state index < -0.39 is 16.4 Å². The Kier molecular flexibility index (Phi) is 5.79. The zero-order valence-corrected chi connectivity index (χ0v) is 21.3. The number of ether oxygens (including phenoxy) is 1. The fourth-order valence-corrected chi connectivity index (χ4v) is 6.93. The van der Waals surface area contributed by atoms with Gasteiger partial charge in [-0.1, -0.05) is 29.8 Å². The number of carbonyl (C=O) groups is 2. The van der Waals surface area contributed by atoms with Crippen molar-refractivity contribution >= 4 is 23.1 Å². The molecule has 3 heterocycles. The molecule has 2 fully saturated rings. The largest absolute Gasteiger partial charge is 0.494 e. The van der Waals surface area contributed by atoms with Gasteiger partial charge in [-0.3, -0.25) is 24.6 Å². The van der Waals surface area contributed by atoms with Gasteiger partial charge < -0.3 is 10.1 Å². The Morgan fingerprint density at radius 1 is 1.13 bits per heavy atom. The van der Waals surface area contributed by atoms with Crippen molar-refractivity contribution in [3.8, 4) is 5.75 Å². The summed E-state index contributed by atoms with van der Waals surface area (Å²) >= 11 is 0. The molecule has 38 heavy (non-hydrogen) atoms. The minimum Gasteiger partial charge on any atom is -0.494 e. The molecule has 3 aliphatic rings. The molecule has 0 radical (unpaired) electrons. The maximum Gasteiger partial charge on any atom is 0.269 e. The Balaban J connectivity index is 1.56. The van der Waals surface area contributed by atoms with Gasteiger partial charge in [0.05, 0.1) is 17.4 Å². The van der Waals surface area contributed by atoms with Gasteiger partial charge in [0.15, 0.2) is 5.78 Å². The molecule has 6 rings (SSSR count). The quantitative estimate of drug-likeness (QED) is 0.277. The van der Waals surface area contributed by atoms with E-state index in [1.54, 1.807) is 36.4 Å². The highest BCUT2D eigenvalue weighted by Gasteiger charge is 2.69. The topological polar surface area (TPSA) is 102 Å². The highest BCUT2D eigenvalue weighted by molar-refractivity contribution is 6.12. The first kappa shape index (κ1) is 24.3. The van der Waals surface area contributed by atoms with Crippen LogP contribution in [0.15, 0.2) is 66.7 Å². The third-order valence-corrected chi connectivity index (χ3v) is 8.38. The first-order valence-corrected chi connectivity index (χ1v) is 13.1. The van der Waals surface area contributed by atoms with Crippen LogP contribution in [-0.2, 0) is 10.3 Å². The number of hydrogen-bond donors (Lipinski definition) is 1.